The van der Waals surface area contributed by atoms with Gasteiger partial charge in [0.05, 0.1) is 6.04 Å². The summed E-state index contributed by atoms with van der Waals surface area (Å²) in [4.78, 5) is 14.1. The lowest BCUT2D eigenvalue weighted by Gasteiger charge is -2.36. The Morgan fingerprint density at radius 1 is 1.41 bits per heavy atom. The van der Waals surface area contributed by atoms with Gasteiger partial charge in [-0.3, -0.25) is 4.79 Å². The average molecular weight is 239 g/mol. The summed E-state index contributed by atoms with van der Waals surface area (Å²) in [5.74, 6) is 0.662. The number of piperidine rings is 1. The first-order valence-electron chi connectivity index (χ1n) is 6.87. The van der Waals surface area contributed by atoms with Crippen molar-refractivity contribution < 1.29 is 4.79 Å². The molecule has 98 valence electrons. The van der Waals surface area contributed by atoms with Crippen molar-refractivity contribution in [1.29, 1.82) is 0 Å². The topological polar surface area (TPSA) is 58.4 Å². The van der Waals surface area contributed by atoms with Gasteiger partial charge in [-0.25, -0.2) is 0 Å². The summed E-state index contributed by atoms with van der Waals surface area (Å²) in [7, 11) is 2.24. The van der Waals surface area contributed by atoms with Crippen molar-refractivity contribution in [1.82, 2.24) is 10.2 Å². The minimum atomic E-state index is -0.335. The van der Waals surface area contributed by atoms with Gasteiger partial charge in [0.2, 0.25) is 5.91 Å². The summed E-state index contributed by atoms with van der Waals surface area (Å²) in [6.07, 6.45) is 5.84. The zero-order valence-corrected chi connectivity index (χ0v) is 11.0. The molecule has 3 N–H and O–H groups in total. The Morgan fingerprint density at radius 2 is 2.00 bits per heavy atom. The Labute approximate surface area is 104 Å². The van der Waals surface area contributed by atoms with E-state index in [0.717, 1.165) is 18.6 Å². The molecule has 4 heteroatoms. The zero-order chi connectivity index (χ0) is 12.4. The predicted octanol–water partition coefficient (Wildman–Crippen LogP) is 0.713. The molecule has 0 spiro atoms. The maximum atomic E-state index is 11.6. The fourth-order valence-corrected chi connectivity index (χ4v) is 3.25. The molecule has 17 heavy (non-hydrogen) atoms. The lowest BCUT2D eigenvalue weighted by atomic mass is 9.91. The Kier molecular flexibility index (Phi) is 4.05. The smallest absolute Gasteiger partial charge is 0.236 e. The van der Waals surface area contributed by atoms with Crippen LogP contribution < -0.4 is 11.1 Å². The first-order chi connectivity index (χ1) is 8.11. The first-order valence-corrected chi connectivity index (χ1v) is 6.87. The highest BCUT2D eigenvalue weighted by atomic mass is 16.2. The third-order valence-electron chi connectivity index (χ3n) is 4.54. The zero-order valence-electron chi connectivity index (χ0n) is 11.0. The monoisotopic (exact) mass is 239 g/mol. The van der Waals surface area contributed by atoms with E-state index >= 15 is 0 Å². The SMILES string of the molecule is CC[C@H](N)C(=O)NCC1CC2CCC(C1)N2C. The predicted molar refractivity (Wildman–Crippen MR) is 68.6 cm³/mol. The molecule has 2 unspecified atom stereocenters. The van der Waals surface area contributed by atoms with E-state index in [1.807, 2.05) is 6.92 Å². The van der Waals surface area contributed by atoms with E-state index in [1.54, 1.807) is 0 Å². The van der Waals surface area contributed by atoms with E-state index in [2.05, 4.69) is 17.3 Å². The molecule has 2 saturated heterocycles. The maximum absolute atomic E-state index is 11.6. The van der Waals surface area contributed by atoms with Crippen molar-refractivity contribution in [3.05, 3.63) is 0 Å². The van der Waals surface area contributed by atoms with Crippen LogP contribution in [0.25, 0.3) is 0 Å². The van der Waals surface area contributed by atoms with Crippen molar-refractivity contribution in [2.24, 2.45) is 11.7 Å². The molecular formula is C13H25N3O. The van der Waals surface area contributed by atoms with Gasteiger partial charge in [-0.1, -0.05) is 6.92 Å². The van der Waals surface area contributed by atoms with Gasteiger partial charge in [-0.15, -0.1) is 0 Å². The van der Waals surface area contributed by atoms with Gasteiger partial charge >= 0.3 is 0 Å². The highest BCUT2D eigenvalue weighted by Gasteiger charge is 2.38. The highest BCUT2D eigenvalue weighted by Crippen LogP contribution is 2.36. The van der Waals surface area contributed by atoms with Gasteiger partial charge in [0, 0.05) is 18.6 Å². The quantitative estimate of drug-likeness (QED) is 0.760. The van der Waals surface area contributed by atoms with E-state index in [-0.39, 0.29) is 11.9 Å². The molecule has 2 aliphatic rings. The van der Waals surface area contributed by atoms with Crippen LogP contribution in [-0.2, 0) is 4.79 Å². The van der Waals surface area contributed by atoms with Crippen LogP contribution in [0.1, 0.15) is 39.0 Å². The molecule has 2 heterocycles. The summed E-state index contributed by atoms with van der Waals surface area (Å²) in [6, 6.07) is 1.16. The van der Waals surface area contributed by atoms with Gasteiger partial charge in [-0.05, 0) is 45.1 Å². The lowest BCUT2D eigenvalue weighted by molar-refractivity contribution is -0.122. The summed E-state index contributed by atoms with van der Waals surface area (Å²) >= 11 is 0. The van der Waals surface area contributed by atoms with Crippen LogP contribution >= 0.6 is 0 Å². The van der Waals surface area contributed by atoms with Crippen molar-refractivity contribution in [3.63, 3.8) is 0 Å². The van der Waals surface area contributed by atoms with Crippen LogP contribution in [0.15, 0.2) is 0 Å². The molecule has 0 aromatic rings. The summed E-state index contributed by atoms with van der Waals surface area (Å²) in [5.41, 5.74) is 5.70. The van der Waals surface area contributed by atoms with Crippen LogP contribution in [0.4, 0.5) is 0 Å². The number of nitrogens with one attached hydrogen (secondary N) is 1. The Morgan fingerprint density at radius 3 is 2.53 bits per heavy atom. The number of nitrogens with zero attached hydrogens (tertiary/aromatic N) is 1. The number of carbonyl (C=O) groups is 1. The number of nitrogens with two attached hydrogens (primary N) is 1. The van der Waals surface area contributed by atoms with Gasteiger partial charge in [0.25, 0.3) is 0 Å². The van der Waals surface area contributed by atoms with Gasteiger partial charge < -0.3 is 16.0 Å². The van der Waals surface area contributed by atoms with Crippen LogP contribution in [0.5, 0.6) is 0 Å². The molecule has 0 aromatic heterocycles. The summed E-state index contributed by atoms with van der Waals surface area (Å²) in [5, 5.41) is 3.00. The van der Waals surface area contributed by atoms with E-state index in [1.165, 1.54) is 25.7 Å². The van der Waals surface area contributed by atoms with Gasteiger partial charge in [0.1, 0.15) is 0 Å². The molecule has 2 bridgehead atoms. The van der Waals surface area contributed by atoms with Gasteiger partial charge in [-0.2, -0.15) is 0 Å². The van der Waals surface area contributed by atoms with Crippen LogP contribution in [-0.4, -0.2) is 42.5 Å². The van der Waals surface area contributed by atoms with Gasteiger partial charge in [0.15, 0.2) is 0 Å². The molecular weight excluding hydrogens is 214 g/mol. The number of carbonyl (C=O) groups excluding carboxylic acids is 1. The molecule has 1 amide bonds. The highest BCUT2D eigenvalue weighted by molar-refractivity contribution is 5.81. The standard InChI is InChI=1S/C13H25N3O/c1-3-12(14)13(17)15-8-9-6-10-4-5-11(7-9)16(10)2/h9-12H,3-8,14H2,1-2H3,(H,15,17)/t9?,10?,11?,12-/m0/s1. The fraction of sp³-hybridized carbons (Fsp3) is 0.923. The Balaban J connectivity index is 1.76. The molecule has 2 aliphatic heterocycles. The van der Waals surface area contributed by atoms with E-state index in [0.29, 0.717) is 12.3 Å². The molecule has 0 radical (unpaired) electrons. The normalized spacial score (nSPS) is 34.6. The number of hydrogen-bond donors (Lipinski definition) is 2. The molecule has 0 aliphatic carbocycles. The van der Waals surface area contributed by atoms with Crippen molar-refractivity contribution >= 4 is 5.91 Å². The third-order valence-corrected chi connectivity index (χ3v) is 4.54. The second-order valence-electron chi connectivity index (χ2n) is 5.65. The van der Waals surface area contributed by atoms with E-state index < -0.39 is 0 Å². The second-order valence-corrected chi connectivity index (χ2v) is 5.65. The van der Waals surface area contributed by atoms with Crippen LogP contribution in [0.2, 0.25) is 0 Å². The minimum Gasteiger partial charge on any atom is -0.354 e. The minimum absolute atomic E-state index is 0.0128. The van der Waals surface area contributed by atoms with Crippen molar-refractivity contribution in [2.45, 2.75) is 57.2 Å². The third kappa shape index (κ3) is 2.80. The number of fused-ring (bicyclic) bond motifs is 2. The molecule has 0 aromatic carbocycles. The fourth-order valence-electron chi connectivity index (χ4n) is 3.25. The van der Waals surface area contributed by atoms with E-state index in [4.69, 9.17) is 5.73 Å². The van der Waals surface area contributed by atoms with Crippen molar-refractivity contribution in [2.75, 3.05) is 13.6 Å². The number of hydrogen-bond acceptors (Lipinski definition) is 3. The molecule has 2 rings (SSSR count). The molecule has 4 nitrogen and oxygen atoms in total. The molecule has 2 fully saturated rings. The number of rotatable bonds is 4. The summed E-state index contributed by atoms with van der Waals surface area (Å²) in [6.45, 7) is 2.76. The average Bonchev–Trinajstić information content (AvgIpc) is 2.57. The number of amides is 1. The second kappa shape index (κ2) is 5.36. The lowest BCUT2D eigenvalue weighted by Crippen LogP contribution is -2.46. The van der Waals surface area contributed by atoms with Crippen LogP contribution in [0.3, 0.4) is 0 Å². The van der Waals surface area contributed by atoms with Crippen LogP contribution in [0, 0.1) is 5.92 Å². The van der Waals surface area contributed by atoms with Crippen molar-refractivity contribution in [3.8, 4) is 0 Å². The largest absolute Gasteiger partial charge is 0.354 e. The summed E-state index contributed by atoms with van der Waals surface area (Å²) < 4.78 is 0. The van der Waals surface area contributed by atoms with E-state index in [9.17, 15) is 4.79 Å². The Hall–Kier alpha value is -0.610. The molecule has 0 saturated carbocycles. The molecule has 3 atom stereocenters. The first kappa shape index (κ1) is 12.8. The maximum Gasteiger partial charge on any atom is 0.236 e. The Bertz CT molecular complexity index is 268.